The van der Waals surface area contributed by atoms with Gasteiger partial charge < -0.3 is 10.2 Å². The topological polar surface area (TPSA) is 86.8 Å². The molecule has 10 heteroatoms. The second-order valence-corrected chi connectivity index (χ2v) is 12.7. The smallest absolute Gasteiger partial charge is 0.264 e. The van der Waals surface area contributed by atoms with Crippen LogP contribution in [0.2, 0.25) is 5.02 Å². The number of carbonyl (C=O) groups excluding carboxylic acids is 2. The van der Waals surface area contributed by atoms with E-state index < -0.39 is 34.3 Å². The van der Waals surface area contributed by atoms with Crippen molar-refractivity contribution in [1.82, 2.24) is 10.2 Å². The third-order valence-corrected chi connectivity index (χ3v) is 9.18. The average molecular weight is 636 g/mol. The molecule has 1 atom stereocenters. The number of aryl methyl sites for hydroxylation is 1. The van der Waals surface area contributed by atoms with Gasteiger partial charge in [0.2, 0.25) is 11.8 Å². The third kappa shape index (κ3) is 8.24. The molecule has 230 valence electrons. The molecule has 7 nitrogen and oxygen atoms in total. The van der Waals surface area contributed by atoms with Crippen LogP contribution in [0.15, 0.2) is 108 Å². The molecule has 1 N–H and O–H groups in total. The summed E-state index contributed by atoms with van der Waals surface area (Å²) in [7, 11) is -4.24. The van der Waals surface area contributed by atoms with E-state index in [1.165, 1.54) is 41.3 Å². The molecule has 0 aliphatic heterocycles. The van der Waals surface area contributed by atoms with Gasteiger partial charge in [-0.15, -0.1) is 0 Å². The lowest BCUT2D eigenvalue weighted by atomic mass is 10.0. The van der Waals surface area contributed by atoms with Crippen molar-refractivity contribution < 1.29 is 22.4 Å². The lowest BCUT2D eigenvalue weighted by Crippen LogP contribution is -2.53. The maximum atomic E-state index is 14.4. The standard InChI is InChI=1S/C34H35ClFN3O4S/c1-3-21-37-34(41)32(22-26-10-5-4-6-11-26)38(23-27-13-17-29(36)18-14-27)33(40)24-39(31-12-8-7-9-25(31)2)44(42,43)30-19-15-28(35)16-20-30/h4-20,32H,3,21-24H2,1-2H3,(H,37,41). The molecule has 0 saturated heterocycles. The van der Waals surface area contributed by atoms with Crippen LogP contribution in [0, 0.1) is 12.7 Å². The number of para-hydroxylation sites is 1. The van der Waals surface area contributed by atoms with E-state index in [1.54, 1.807) is 43.3 Å². The van der Waals surface area contributed by atoms with Crippen LogP contribution < -0.4 is 9.62 Å². The van der Waals surface area contributed by atoms with Gasteiger partial charge in [0.25, 0.3) is 10.0 Å². The highest BCUT2D eigenvalue weighted by molar-refractivity contribution is 7.92. The highest BCUT2D eigenvalue weighted by atomic mass is 35.5. The molecule has 2 amide bonds. The number of nitrogens with zero attached hydrogens (tertiary/aromatic N) is 2. The molecule has 0 radical (unpaired) electrons. The van der Waals surface area contributed by atoms with E-state index >= 15 is 0 Å². The Morgan fingerprint density at radius 1 is 0.864 bits per heavy atom. The number of carbonyl (C=O) groups is 2. The summed E-state index contributed by atoms with van der Waals surface area (Å²) in [6.45, 7) is 3.47. The Labute approximate surface area is 263 Å². The molecular formula is C34H35ClFN3O4S. The highest BCUT2D eigenvalue weighted by Crippen LogP contribution is 2.28. The van der Waals surface area contributed by atoms with E-state index in [1.807, 2.05) is 37.3 Å². The van der Waals surface area contributed by atoms with Gasteiger partial charge in [-0.1, -0.05) is 79.2 Å². The highest BCUT2D eigenvalue weighted by Gasteiger charge is 2.35. The lowest BCUT2D eigenvalue weighted by molar-refractivity contribution is -0.140. The predicted octanol–water partition coefficient (Wildman–Crippen LogP) is 6.15. The zero-order valence-corrected chi connectivity index (χ0v) is 26.2. The maximum absolute atomic E-state index is 14.4. The van der Waals surface area contributed by atoms with Crippen LogP contribution >= 0.6 is 11.6 Å². The van der Waals surface area contributed by atoms with E-state index in [9.17, 15) is 22.4 Å². The number of halogens is 2. The number of benzene rings is 4. The van der Waals surface area contributed by atoms with Crippen LogP contribution in [-0.4, -0.2) is 44.3 Å². The summed E-state index contributed by atoms with van der Waals surface area (Å²) in [6, 6.07) is 26.6. The monoisotopic (exact) mass is 635 g/mol. The van der Waals surface area contributed by atoms with Gasteiger partial charge in [-0.2, -0.15) is 0 Å². The first-order chi connectivity index (χ1) is 21.1. The van der Waals surface area contributed by atoms with E-state index in [2.05, 4.69) is 5.32 Å². The van der Waals surface area contributed by atoms with Gasteiger partial charge >= 0.3 is 0 Å². The van der Waals surface area contributed by atoms with Crippen LogP contribution in [0.5, 0.6) is 0 Å². The van der Waals surface area contributed by atoms with Crippen molar-refractivity contribution in [3.63, 3.8) is 0 Å². The van der Waals surface area contributed by atoms with Gasteiger partial charge in [0.15, 0.2) is 0 Å². The minimum atomic E-state index is -4.24. The molecule has 4 aromatic carbocycles. The van der Waals surface area contributed by atoms with Gasteiger partial charge in [0, 0.05) is 24.5 Å². The molecule has 4 aromatic rings. The zero-order valence-electron chi connectivity index (χ0n) is 24.6. The van der Waals surface area contributed by atoms with Crippen molar-refractivity contribution in [2.24, 2.45) is 0 Å². The van der Waals surface area contributed by atoms with Crippen molar-refractivity contribution in [1.29, 1.82) is 0 Å². The molecule has 0 saturated carbocycles. The van der Waals surface area contributed by atoms with Gasteiger partial charge in [-0.25, -0.2) is 12.8 Å². The summed E-state index contributed by atoms with van der Waals surface area (Å²) in [5, 5.41) is 3.27. The Bertz CT molecular complexity index is 1670. The Balaban J connectivity index is 1.80. The molecule has 4 rings (SSSR count). The minimum absolute atomic E-state index is 0.0374. The van der Waals surface area contributed by atoms with Crippen molar-refractivity contribution >= 4 is 39.1 Å². The summed E-state index contributed by atoms with van der Waals surface area (Å²) < 4.78 is 43.0. The fourth-order valence-electron chi connectivity index (χ4n) is 4.80. The number of anilines is 1. The number of amides is 2. The summed E-state index contributed by atoms with van der Waals surface area (Å²) in [5.41, 5.74) is 2.38. The summed E-state index contributed by atoms with van der Waals surface area (Å²) in [4.78, 5) is 29.4. The second-order valence-electron chi connectivity index (χ2n) is 10.4. The molecular weight excluding hydrogens is 601 g/mol. The Morgan fingerprint density at radius 3 is 2.14 bits per heavy atom. The first-order valence-corrected chi connectivity index (χ1v) is 16.1. The van der Waals surface area contributed by atoms with E-state index in [0.717, 1.165) is 9.87 Å². The van der Waals surface area contributed by atoms with E-state index in [4.69, 9.17) is 11.6 Å². The molecule has 0 aromatic heterocycles. The van der Waals surface area contributed by atoms with Gasteiger partial charge in [-0.05, 0) is 72.5 Å². The number of nitrogens with one attached hydrogen (secondary N) is 1. The Kier molecular flexibility index (Phi) is 11.1. The van der Waals surface area contributed by atoms with Crippen molar-refractivity contribution in [3.8, 4) is 0 Å². The van der Waals surface area contributed by atoms with Crippen LogP contribution in [-0.2, 0) is 32.6 Å². The minimum Gasteiger partial charge on any atom is -0.354 e. The Morgan fingerprint density at radius 2 is 1.50 bits per heavy atom. The van der Waals surface area contributed by atoms with Crippen molar-refractivity contribution in [3.05, 3.63) is 131 Å². The van der Waals surface area contributed by atoms with Crippen molar-refractivity contribution in [2.75, 3.05) is 17.4 Å². The summed E-state index contributed by atoms with van der Waals surface area (Å²) >= 11 is 6.03. The second kappa shape index (κ2) is 15.0. The fraction of sp³-hybridized carbons (Fsp3) is 0.235. The largest absolute Gasteiger partial charge is 0.354 e. The molecule has 0 fully saturated rings. The van der Waals surface area contributed by atoms with Gasteiger partial charge in [-0.3, -0.25) is 13.9 Å². The first-order valence-electron chi connectivity index (χ1n) is 14.3. The fourth-order valence-corrected chi connectivity index (χ4v) is 6.40. The van der Waals surface area contributed by atoms with Crippen LogP contribution in [0.1, 0.15) is 30.0 Å². The van der Waals surface area contributed by atoms with Crippen LogP contribution in [0.3, 0.4) is 0 Å². The third-order valence-electron chi connectivity index (χ3n) is 7.15. The van der Waals surface area contributed by atoms with Gasteiger partial charge in [0.1, 0.15) is 18.4 Å². The predicted molar refractivity (Wildman–Crippen MR) is 171 cm³/mol. The van der Waals surface area contributed by atoms with Crippen LogP contribution in [0.25, 0.3) is 0 Å². The van der Waals surface area contributed by atoms with E-state index in [-0.39, 0.29) is 23.8 Å². The Hall–Kier alpha value is -4.21. The normalized spacial score (nSPS) is 11.9. The zero-order chi connectivity index (χ0) is 31.7. The molecule has 0 spiro atoms. The SMILES string of the molecule is CCCNC(=O)C(Cc1ccccc1)N(Cc1ccc(F)cc1)C(=O)CN(c1ccccc1C)S(=O)(=O)c1ccc(Cl)cc1. The molecule has 0 aliphatic rings. The number of hydrogen-bond acceptors (Lipinski definition) is 4. The summed E-state index contributed by atoms with van der Waals surface area (Å²) in [5.74, 6) is -1.40. The quantitative estimate of drug-likeness (QED) is 0.191. The van der Waals surface area contributed by atoms with Gasteiger partial charge in [0.05, 0.1) is 10.6 Å². The molecule has 0 aliphatic carbocycles. The first kappa shape index (κ1) is 32.7. The molecule has 0 heterocycles. The molecule has 0 bridgehead atoms. The van der Waals surface area contributed by atoms with Crippen LogP contribution in [0.4, 0.5) is 10.1 Å². The lowest BCUT2D eigenvalue weighted by Gasteiger charge is -2.34. The molecule has 1 unspecified atom stereocenters. The number of rotatable bonds is 13. The van der Waals surface area contributed by atoms with Crippen molar-refractivity contribution in [2.45, 2.75) is 44.2 Å². The summed E-state index contributed by atoms with van der Waals surface area (Å²) in [6.07, 6.45) is 0.883. The van der Waals surface area contributed by atoms with E-state index in [0.29, 0.717) is 34.8 Å². The maximum Gasteiger partial charge on any atom is 0.264 e. The average Bonchev–Trinajstić information content (AvgIpc) is 3.02. The number of hydrogen-bond donors (Lipinski definition) is 1. The molecule has 44 heavy (non-hydrogen) atoms. The number of sulfonamides is 1.